The first-order chi connectivity index (χ1) is 11.0. The van der Waals surface area contributed by atoms with Gasteiger partial charge < -0.3 is 10.1 Å². The maximum absolute atomic E-state index is 11.9. The predicted molar refractivity (Wildman–Crippen MR) is 92.2 cm³/mol. The van der Waals surface area contributed by atoms with Gasteiger partial charge in [-0.2, -0.15) is 0 Å². The molecular formula is C18H18BrNO3. The predicted octanol–water partition coefficient (Wildman–Crippen LogP) is 3.54. The van der Waals surface area contributed by atoms with Crippen LogP contribution in [0.3, 0.4) is 0 Å². The van der Waals surface area contributed by atoms with Crippen LogP contribution in [-0.2, 0) is 16.1 Å². The number of halogens is 1. The fourth-order valence-electron chi connectivity index (χ4n) is 1.98. The molecule has 0 aliphatic carbocycles. The van der Waals surface area contributed by atoms with Crippen LogP contribution in [0.4, 0.5) is 0 Å². The van der Waals surface area contributed by atoms with Crippen LogP contribution in [0.15, 0.2) is 46.9 Å². The Hall–Kier alpha value is -2.14. The van der Waals surface area contributed by atoms with E-state index in [1.54, 1.807) is 12.1 Å². The lowest BCUT2D eigenvalue weighted by molar-refractivity contribution is -0.124. The van der Waals surface area contributed by atoms with Crippen molar-refractivity contribution in [3.63, 3.8) is 0 Å². The Morgan fingerprint density at radius 1 is 1.09 bits per heavy atom. The molecule has 5 heteroatoms. The van der Waals surface area contributed by atoms with Crippen LogP contribution in [0.2, 0.25) is 0 Å². The number of esters is 1. The van der Waals surface area contributed by atoms with Gasteiger partial charge in [-0.25, -0.2) is 4.79 Å². The van der Waals surface area contributed by atoms with Crippen molar-refractivity contribution in [1.82, 2.24) is 5.32 Å². The average Bonchev–Trinajstić information content (AvgIpc) is 2.53. The number of nitrogens with one attached hydrogen (secondary N) is 1. The summed E-state index contributed by atoms with van der Waals surface area (Å²) in [5, 5.41) is 2.72. The highest BCUT2D eigenvalue weighted by Crippen LogP contribution is 2.12. The summed E-state index contributed by atoms with van der Waals surface area (Å²) in [6, 6.07) is 13.0. The number of rotatable bonds is 5. The Bertz CT molecular complexity index is 728. The molecule has 120 valence electrons. The molecule has 0 heterocycles. The van der Waals surface area contributed by atoms with Crippen molar-refractivity contribution < 1.29 is 14.3 Å². The molecule has 0 spiro atoms. The van der Waals surface area contributed by atoms with E-state index < -0.39 is 5.97 Å². The van der Waals surface area contributed by atoms with Gasteiger partial charge in [-0.1, -0.05) is 34.1 Å². The average molecular weight is 376 g/mol. The molecule has 0 bridgehead atoms. The number of hydrogen-bond acceptors (Lipinski definition) is 3. The van der Waals surface area contributed by atoms with Crippen molar-refractivity contribution in [1.29, 1.82) is 0 Å². The SMILES string of the molecule is Cc1ccc(C(=O)OCC(=O)NCc2cccc(Br)c2)cc1C. The minimum atomic E-state index is -0.495. The van der Waals surface area contributed by atoms with E-state index in [1.165, 1.54) is 0 Å². The van der Waals surface area contributed by atoms with Gasteiger partial charge >= 0.3 is 5.97 Å². The summed E-state index contributed by atoms with van der Waals surface area (Å²) >= 11 is 3.37. The summed E-state index contributed by atoms with van der Waals surface area (Å²) in [7, 11) is 0. The van der Waals surface area contributed by atoms with Gasteiger partial charge in [-0.3, -0.25) is 4.79 Å². The molecule has 23 heavy (non-hydrogen) atoms. The van der Waals surface area contributed by atoms with Gasteiger partial charge in [-0.15, -0.1) is 0 Å². The Morgan fingerprint density at radius 3 is 2.57 bits per heavy atom. The van der Waals surface area contributed by atoms with Crippen LogP contribution in [0.1, 0.15) is 27.0 Å². The van der Waals surface area contributed by atoms with Crippen LogP contribution in [0, 0.1) is 13.8 Å². The molecule has 0 aliphatic rings. The molecule has 1 N–H and O–H groups in total. The normalized spacial score (nSPS) is 10.2. The van der Waals surface area contributed by atoms with E-state index in [-0.39, 0.29) is 12.5 Å². The van der Waals surface area contributed by atoms with Crippen LogP contribution in [-0.4, -0.2) is 18.5 Å². The van der Waals surface area contributed by atoms with Crippen molar-refractivity contribution in [2.45, 2.75) is 20.4 Å². The number of amides is 1. The number of ether oxygens (including phenoxy) is 1. The molecule has 0 atom stereocenters. The largest absolute Gasteiger partial charge is 0.452 e. The van der Waals surface area contributed by atoms with E-state index in [2.05, 4.69) is 21.2 Å². The fraction of sp³-hybridized carbons (Fsp3) is 0.222. The van der Waals surface area contributed by atoms with Crippen molar-refractivity contribution in [3.05, 3.63) is 69.2 Å². The summed E-state index contributed by atoms with van der Waals surface area (Å²) in [5.41, 5.74) is 3.54. The molecule has 0 saturated heterocycles. The Labute approximate surface area is 144 Å². The second-order valence-corrected chi connectivity index (χ2v) is 6.20. The minimum absolute atomic E-state index is 0.292. The van der Waals surface area contributed by atoms with Gasteiger partial charge in [0.05, 0.1) is 5.56 Å². The van der Waals surface area contributed by atoms with Gasteiger partial charge in [0.2, 0.25) is 0 Å². The summed E-state index contributed by atoms with van der Waals surface area (Å²) in [4.78, 5) is 23.7. The second kappa shape index (κ2) is 7.92. The first-order valence-corrected chi connectivity index (χ1v) is 8.00. The van der Waals surface area contributed by atoms with E-state index in [9.17, 15) is 9.59 Å². The van der Waals surface area contributed by atoms with Gasteiger partial charge in [0, 0.05) is 11.0 Å². The van der Waals surface area contributed by atoms with E-state index in [4.69, 9.17) is 4.74 Å². The first kappa shape index (κ1) is 17.2. The Morgan fingerprint density at radius 2 is 1.87 bits per heavy atom. The smallest absolute Gasteiger partial charge is 0.338 e. The third kappa shape index (κ3) is 5.21. The molecular weight excluding hydrogens is 358 g/mol. The van der Waals surface area contributed by atoms with Crippen LogP contribution in [0.5, 0.6) is 0 Å². The molecule has 2 rings (SSSR count). The Kier molecular flexibility index (Phi) is 5.93. The van der Waals surface area contributed by atoms with Gasteiger partial charge in [0.1, 0.15) is 0 Å². The molecule has 2 aromatic carbocycles. The van der Waals surface area contributed by atoms with Crippen molar-refractivity contribution in [2.75, 3.05) is 6.61 Å². The fourth-order valence-corrected chi connectivity index (χ4v) is 2.43. The lowest BCUT2D eigenvalue weighted by Crippen LogP contribution is -2.28. The first-order valence-electron chi connectivity index (χ1n) is 7.21. The van der Waals surface area contributed by atoms with Crippen LogP contribution >= 0.6 is 15.9 Å². The lowest BCUT2D eigenvalue weighted by atomic mass is 10.1. The highest BCUT2D eigenvalue weighted by atomic mass is 79.9. The summed E-state index contributed by atoms with van der Waals surface area (Å²) in [6.45, 7) is 4.00. The van der Waals surface area contributed by atoms with Crippen LogP contribution in [0.25, 0.3) is 0 Å². The molecule has 4 nitrogen and oxygen atoms in total. The third-order valence-electron chi connectivity index (χ3n) is 3.46. The molecule has 2 aromatic rings. The number of hydrogen-bond donors (Lipinski definition) is 1. The van der Waals surface area contributed by atoms with E-state index in [0.29, 0.717) is 12.1 Å². The van der Waals surface area contributed by atoms with Gasteiger partial charge in [0.15, 0.2) is 6.61 Å². The van der Waals surface area contributed by atoms with E-state index >= 15 is 0 Å². The molecule has 0 radical (unpaired) electrons. The van der Waals surface area contributed by atoms with Crippen molar-refractivity contribution in [3.8, 4) is 0 Å². The molecule has 0 unspecified atom stereocenters. The van der Waals surface area contributed by atoms with Crippen molar-refractivity contribution >= 4 is 27.8 Å². The highest BCUT2D eigenvalue weighted by Gasteiger charge is 2.10. The molecule has 0 aliphatic heterocycles. The number of benzene rings is 2. The lowest BCUT2D eigenvalue weighted by Gasteiger charge is -2.08. The highest BCUT2D eigenvalue weighted by molar-refractivity contribution is 9.10. The zero-order valence-corrected chi connectivity index (χ0v) is 14.6. The maximum Gasteiger partial charge on any atom is 0.338 e. The van der Waals surface area contributed by atoms with Crippen LogP contribution < -0.4 is 5.32 Å². The Balaban J connectivity index is 1.81. The number of carbonyl (C=O) groups excluding carboxylic acids is 2. The molecule has 0 aromatic heterocycles. The standard InChI is InChI=1S/C18H18BrNO3/c1-12-6-7-15(8-13(12)2)18(22)23-11-17(21)20-10-14-4-3-5-16(19)9-14/h3-9H,10-11H2,1-2H3,(H,20,21). The third-order valence-corrected chi connectivity index (χ3v) is 3.95. The van der Waals surface area contributed by atoms with Gasteiger partial charge in [-0.05, 0) is 54.8 Å². The maximum atomic E-state index is 11.9. The molecule has 0 fully saturated rings. The summed E-state index contributed by atoms with van der Waals surface area (Å²) in [5.74, 6) is -0.826. The number of aryl methyl sites for hydroxylation is 2. The quantitative estimate of drug-likeness (QED) is 0.813. The van der Waals surface area contributed by atoms with Gasteiger partial charge in [0.25, 0.3) is 5.91 Å². The molecule has 1 amide bonds. The zero-order chi connectivity index (χ0) is 16.8. The zero-order valence-electron chi connectivity index (χ0n) is 13.1. The van der Waals surface area contributed by atoms with Crippen molar-refractivity contribution in [2.24, 2.45) is 0 Å². The second-order valence-electron chi connectivity index (χ2n) is 5.28. The van der Waals surface area contributed by atoms with E-state index in [0.717, 1.165) is 21.2 Å². The number of carbonyl (C=O) groups is 2. The minimum Gasteiger partial charge on any atom is -0.452 e. The van der Waals surface area contributed by atoms with E-state index in [1.807, 2.05) is 44.2 Å². The summed E-state index contributed by atoms with van der Waals surface area (Å²) in [6.07, 6.45) is 0. The summed E-state index contributed by atoms with van der Waals surface area (Å²) < 4.78 is 5.99. The topological polar surface area (TPSA) is 55.4 Å². The molecule has 0 saturated carbocycles. The monoisotopic (exact) mass is 375 g/mol.